The molecule has 7 heteroatoms. The fraction of sp³-hybridized carbons (Fsp3) is 0.267. The van der Waals surface area contributed by atoms with Gasteiger partial charge in [0, 0.05) is 18.3 Å². The number of nitrogens with zero attached hydrogens (tertiary/aromatic N) is 2. The molecule has 0 bridgehead atoms. The molecule has 1 heterocycles. The van der Waals surface area contributed by atoms with Crippen LogP contribution in [0.2, 0.25) is 0 Å². The molecule has 0 amide bonds. The number of ether oxygens (including phenoxy) is 1. The molecule has 116 valence electrons. The van der Waals surface area contributed by atoms with Gasteiger partial charge in [0.25, 0.3) is 0 Å². The van der Waals surface area contributed by atoms with E-state index in [2.05, 4.69) is 20.9 Å². The van der Waals surface area contributed by atoms with Gasteiger partial charge in [-0.05, 0) is 30.7 Å². The van der Waals surface area contributed by atoms with Gasteiger partial charge in [-0.15, -0.1) is 0 Å². The van der Waals surface area contributed by atoms with Crippen molar-refractivity contribution >= 4 is 44.8 Å². The number of halogens is 1. The maximum absolute atomic E-state index is 12.0. The number of hydrogen-bond donors (Lipinski definition) is 0. The fourth-order valence-corrected chi connectivity index (χ4v) is 3.15. The third-order valence-corrected chi connectivity index (χ3v) is 4.47. The first-order valence-electron chi connectivity index (χ1n) is 6.66. The Hall–Kier alpha value is -1.73. The predicted octanol–water partition coefficient (Wildman–Crippen LogP) is 3.69. The predicted molar refractivity (Wildman–Crippen MR) is 88.7 cm³/mol. The van der Waals surface area contributed by atoms with E-state index in [0.29, 0.717) is 11.2 Å². The Kier molecular flexibility index (Phi) is 5.31. The third-order valence-electron chi connectivity index (χ3n) is 2.78. The van der Waals surface area contributed by atoms with Crippen molar-refractivity contribution in [2.24, 2.45) is 4.99 Å². The molecule has 0 aliphatic carbocycles. The standard InChI is InChI=1S/C15H15BrN2O3S/c1-4-13-14(21-10(3)20)18(9(2)19)15(22-13)17-12-7-5-11(16)6-8-12/h5-8H,4H2,1-3H3. The van der Waals surface area contributed by atoms with E-state index in [9.17, 15) is 9.59 Å². The van der Waals surface area contributed by atoms with Crippen molar-refractivity contribution in [2.45, 2.75) is 27.2 Å². The van der Waals surface area contributed by atoms with Gasteiger partial charge in [0.05, 0.1) is 10.6 Å². The van der Waals surface area contributed by atoms with Gasteiger partial charge < -0.3 is 4.74 Å². The average Bonchev–Trinajstić information content (AvgIpc) is 2.78. The molecule has 0 atom stereocenters. The molecule has 0 N–H and O–H groups in total. The van der Waals surface area contributed by atoms with Crippen molar-refractivity contribution < 1.29 is 14.3 Å². The highest BCUT2D eigenvalue weighted by atomic mass is 79.9. The molecule has 22 heavy (non-hydrogen) atoms. The van der Waals surface area contributed by atoms with E-state index in [1.807, 2.05) is 31.2 Å². The number of aryl methyl sites for hydroxylation is 1. The Bertz CT molecular complexity index is 775. The summed E-state index contributed by atoms with van der Waals surface area (Å²) in [7, 11) is 0. The van der Waals surface area contributed by atoms with Crippen molar-refractivity contribution in [3.05, 3.63) is 38.4 Å². The highest BCUT2D eigenvalue weighted by molar-refractivity contribution is 9.10. The minimum absolute atomic E-state index is 0.247. The topological polar surface area (TPSA) is 60.7 Å². The minimum Gasteiger partial charge on any atom is -0.408 e. The lowest BCUT2D eigenvalue weighted by molar-refractivity contribution is -0.132. The smallest absolute Gasteiger partial charge is 0.309 e. The number of benzene rings is 1. The summed E-state index contributed by atoms with van der Waals surface area (Å²) in [6, 6.07) is 7.42. The molecule has 0 aliphatic heterocycles. The summed E-state index contributed by atoms with van der Waals surface area (Å²) in [6.45, 7) is 4.67. The second-order valence-corrected chi connectivity index (χ2v) is 6.48. The summed E-state index contributed by atoms with van der Waals surface area (Å²) in [5.74, 6) is -0.441. The van der Waals surface area contributed by atoms with Crippen molar-refractivity contribution in [2.75, 3.05) is 0 Å². The largest absolute Gasteiger partial charge is 0.408 e. The number of rotatable bonds is 3. The first-order chi connectivity index (χ1) is 10.4. The van der Waals surface area contributed by atoms with Crippen molar-refractivity contribution in [3.63, 3.8) is 0 Å². The lowest BCUT2D eigenvalue weighted by Crippen LogP contribution is -2.22. The molecule has 0 saturated carbocycles. The lowest BCUT2D eigenvalue weighted by Gasteiger charge is -2.05. The Morgan fingerprint density at radius 2 is 1.91 bits per heavy atom. The maximum Gasteiger partial charge on any atom is 0.309 e. The van der Waals surface area contributed by atoms with Crippen LogP contribution < -0.4 is 9.54 Å². The SMILES string of the molecule is CCc1sc(=Nc2ccc(Br)cc2)n(C(C)=O)c1OC(C)=O. The van der Waals surface area contributed by atoms with E-state index in [1.54, 1.807) is 0 Å². The van der Waals surface area contributed by atoms with Gasteiger partial charge in [0.2, 0.25) is 11.8 Å². The normalized spacial score (nSPS) is 11.5. The van der Waals surface area contributed by atoms with E-state index in [-0.39, 0.29) is 11.8 Å². The molecule has 0 unspecified atom stereocenters. The molecule has 0 radical (unpaired) electrons. The van der Waals surface area contributed by atoms with Crippen LogP contribution in [0.1, 0.15) is 30.4 Å². The Labute approximate surface area is 140 Å². The maximum atomic E-state index is 12.0. The number of hydrogen-bond acceptors (Lipinski definition) is 5. The first kappa shape index (κ1) is 16.6. The number of carbonyl (C=O) groups excluding carboxylic acids is 2. The van der Waals surface area contributed by atoms with Crippen molar-refractivity contribution in [1.82, 2.24) is 4.57 Å². The number of aromatic nitrogens is 1. The van der Waals surface area contributed by atoms with Crippen LogP contribution in [0.4, 0.5) is 5.69 Å². The van der Waals surface area contributed by atoms with Gasteiger partial charge in [0.15, 0.2) is 4.80 Å². The second-order valence-electron chi connectivity index (χ2n) is 4.50. The highest BCUT2D eigenvalue weighted by Crippen LogP contribution is 2.24. The molecular weight excluding hydrogens is 368 g/mol. The van der Waals surface area contributed by atoms with Crippen LogP contribution in [0, 0.1) is 0 Å². The number of esters is 1. The first-order valence-corrected chi connectivity index (χ1v) is 8.27. The average molecular weight is 383 g/mol. The van der Waals surface area contributed by atoms with Crippen LogP contribution in [-0.2, 0) is 11.2 Å². The van der Waals surface area contributed by atoms with Gasteiger partial charge in [-0.2, -0.15) is 0 Å². The summed E-state index contributed by atoms with van der Waals surface area (Å²) >= 11 is 4.71. The third kappa shape index (κ3) is 3.72. The molecule has 0 saturated heterocycles. The monoisotopic (exact) mass is 382 g/mol. The molecule has 0 fully saturated rings. The summed E-state index contributed by atoms with van der Waals surface area (Å²) < 4.78 is 7.50. The van der Waals surface area contributed by atoms with E-state index in [4.69, 9.17) is 4.74 Å². The number of carbonyl (C=O) groups is 2. The number of thiazole rings is 1. The molecule has 1 aromatic heterocycles. The van der Waals surface area contributed by atoms with Crippen LogP contribution in [0.5, 0.6) is 5.88 Å². The summed E-state index contributed by atoms with van der Waals surface area (Å²) in [5.41, 5.74) is 0.719. The van der Waals surface area contributed by atoms with Crippen molar-refractivity contribution in [1.29, 1.82) is 0 Å². The van der Waals surface area contributed by atoms with Gasteiger partial charge >= 0.3 is 5.97 Å². The molecule has 0 aliphatic rings. The summed E-state index contributed by atoms with van der Waals surface area (Å²) in [4.78, 5) is 29.0. The Morgan fingerprint density at radius 1 is 1.27 bits per heavy atom. The van der Waals surface area contributed by atoms with Crippen LogP contribution in [0.3, 0.4) is 0 Å². The Morgan fingerprint density at radius 3 is 2.41 bits per heavy atom. The van der Waals surface area contributed by atoms with Crippen LogP contribution in [-0.4, -0.2) is 16.4 Å². The quantitative estimate of drug-likeness (QED) is 0.760. The van der Waals surface area contributed by atoms with Gasteiger partial charge in [-0.3, -0.25) is 9.59 Å². The van der Waals surface area contributed by atoms with E-state index in [1.165, 1.54) is 29.8 Å². The zero-order valence-electron chi connectivity index (χ0n) is 12.4. The van der Waals surface area contributed by atoms with E-state index in [0.717, 1.165) is 15.0 Å². The molecule has 5 nitrogen and oxygen atoms in total. The molecular formula is C15H15BrN2O3S. The minimum atomic E-state index is -0.460. The fourth-order valence-electron chi connectivity index (χ4n) is 1.85. The molecule has 2 aromatic rings. The van der Waals surface area contributed by atoms with Crippen molar-refractivity contribution in [3.8, 4) is 5.88 Å². The molecule has 1 aromatic carbocycles. The van der Waals surface area contributed by atoms with Gasteiger partial charge in [-0.1, -0.05) is 34.2 Å². The summed E-state index contributed by atoms with van der Waals surface area (Å²) in [5, 5.41) is 0. The lowest BCUT2D eigenvalue weighted by atomic mass is 10.3. The van der Waals surface area contributed by atoms with Gasteiger partial charge in [-0.25, -0.2) is 9.56 Å². The molecule has 0 spiro atoms. The second kappa shape index (κ2) is 7.02. The van der Waals surface area contributed by atoms with Crippen LogP contribution >= 0.6 is 27.3 Å². The van der Waals surface area contributed by atoms with Crippen LogP contribution in [0.25, 0.3) is 0 Å². The molecule has 2 rings (SSSR count). The van der Waals surface area contributed by atoms with E-state index < -0.39 is 5.97 Å². The van der Waals surface area contributed by atoms with Gasteiger partial charge in [0.1, 0.15) is 0 Å². The van der Waals surface area contributed by atoms with Crippen LogP contribution in [0.15, 0.2) is 33.7 Å². The zero-order chi connectivity index (χ0) is 16.3. The zero-order valence-corrected chi connectivity index (χ0v) is 14.8. The highest BCUT2D eigenvalue weighted by Gasteiger charge is 2.18. The summed E-state index contributed by atoms with van der Waals surface area (Å²) in [6.07, 6.45) is 0.649. The Balaban J connectivity index is 2.64. The van der Waals surface area contributed by atoms with E-state index >= 15 is 0 Å².